The molecular weight excluding hydrogens is 485 g/mol. The monoisotopic (exact) mass is 513 g/mol. The van der Waals surface area contributed by atoms with Crippen LogP contribution in [0.15, 0.2) is 79.2 Å². The van der Waals surface area contributed by atoms with Crippen LogP contribution in [-0.4, -0.2) is 47.2 Å². The highest BCUT2D eigenvalue weighted by Crippen LogP contribution is 2.24. The normalized spacial score (nSPS) is 18.3. The Bertz CT molecular complexity index is 1370. The van der Waals surface area contributed by atoms with Crippen molar-refractivity contribution >= 4 is 34.6 Å². The Balaban J connectivity index is 1.19. The van der Waals surface area contributed by atoms with Crippen LogP contribution < -0.4 is 21.1 Å². The third-order valence-corrected chi connectivity index (χ3v) is 6.03. The van der Waals surface area contributed by atoms with Crippen LogP contribution in [0.5, 0.6) is 0 Å². The van der Waals surface area contributed by atoms with Gasteiger partial charge in [-0.1, -0.05) is 42.5 Å². The topological polar surface area (TPSA) is 104 Å². The number of nitrogens with zero attached hydrogens (tertiary/aromatic N) is 4. The number of aromatic nitrogens is 3. The van der Waals surface area contributed by atoms with Crippen LogP contribution in [-0.2, 0) is 4.74 Å². The zero-order valence-corrected chi connectivity index (χ0v) is 20.7. The van der Waals surface area contributed by atoms with Crippen molar-refractivity contribution in [1.82, 2.24) is 20.4 Å². The third-order valence-electron chi connectivity index (χ3n) is 6.03. The number of anilines is 4. The molecule has 1 aliphatic carbocycles. The van der Waals surface area contributed by atoms with Gasteiger partial charge in [-0.05, 0) is 48.2 Å². The first-order valence-electron chi connectivity index (χ1n) is 12.4. The van der Waals surface area contributed by atoms with E-state index < -0.39 is 11.7 Å². The molecule has 0 atom stereocenters. The molecule has 0 spiro atoms. The summed E-state index contributed by atoms with van der Waals surface area (Å²) in [6, 6.07) is 11.5. The van der Waals surface area contributed by atoms with Crippen LogP contribution in [0, 0.1) is 5.82 Å². The van der Waals surface area contributed by atoms with Gasteiger partial charge >= 0.3 is 0 Å². The van der Waals surface area contributed by atoms with Crippen molar-refractivity contribution in [3.8, 4) is 0 Å². The SMILES string of the molecule is O=C(NNc1ncc(F)c(N2CCOCC2)n1)c1ccc(Nc2cccc(C3=C/CC\C=C/C=C\3)c2)cn1. The number of morpholine rings is 1. The third kappa shape index (κ3) is 6.40. The van der Waals surface area contributed by atoms with Gasteiger partial charge < -0.3 is 15.0 Å². The number of hydrazine groups is 1. The lowest BCUT2D eigenvalue weighted by Crippen LogP contribution is -2.38. The van der Waals surface area contributed by atoms with E-state index in [1.807, 2.05) is 12.1 Å². The Kier molecular flexibility index (Phi) is 8.00. The average molecular weight is 514 g/mol. The molecule has 3 aromatic rings. The molecule has 1 amide bonds. The lowest BCUT2D eigenvalue weighted by molar-refractivity contribution is 0.0957. The summed E-state index contributed by atoms with van der Waals surface area (Å²) in [4.78, 5) is 26.7. The van der Waals surface area contributed by atoms with Crippen molar-refractivity contribution in [2.75, 3.05) is 41.9 Å². The fourth-order valence-corrected chi connectivity index (χ4v) is 4.09. The number of carbonyl (C=O) groups excluding carboxylic acids is 1. The predicted molar refractivity (Wildman–Crippen MR) is 146 cm³/mol. The molecule has 2 aromatic heterocycles. The van der Waals surface area contributed by atoms with Crippen molar-refractivity contribution in [2.45, 2.75) is 12.8 Å². The number of halogens is 1. The maximum Gasteiger partial charge on any atom is 0.288 e. The fraction of sp³-hybridized carbons (Fsp3) is 0.214. The summed E-state index contributed by atoms with van der Waals surface area (Å²) in [5.74, 6) is -0.772. The van der Waals surface area contributed by atoms with Gasteiger partial charge in [0.05, 0.1) is 31.3 Å². The Labute approximate surface area is 220 Å². The first-order chi connectivity index (χ1) is 18.7. The number of hydrogen-bond donors (Lipinski definition) is 3. The van der Waals surface area contributed by atoms with Crippen LogP contribution in [0.3, 0.4) is 0 Å². The van der Waals surface area contributed by atoms with Crippen LogP contribution >= 0.6 is 0 Å². The van der Waals surface area contributed by atoms with Crippen LogP contribution in [0.1, 0.15) is 28.9 Å². The molecule has 9 nitrogen and oxygen atoms in total. The number of benzene rings is 1. The van der Waals surface area contributed by atoms with E-state index in [0.717, 1.165) is 36.0 Å². The average Bonchev–Trinajstić information content (AvgIpc) is 2.93. The number of hydrogen-bond acceptors (Lipinski definition) is 8. The summed E-state index contributed by atoms with van der Waals surface area (Å²) in [7, 11) is 0. The molecule has 0 saturated carbocycles. The predicted octanol–water partition coefficient (Wildman–Crippen LogP) is 4.64. The summed E-state index contributed by atoms with van der Waals surface area (Å²) < 4.78 is 19.5. The Morgan fingerprint density at radius 2 is 1.89 bits per heavy atom. The summed E-state index contributed by atoms with van der Waals surface area (Å²) in [6.45, 7) is 2.05. The van der Waals surface area contributed by atoms with E-state index in [1.54, 1.807) is 23.2 Å². The number of carbonyl (C=O) groups is 1. The second-order valence-electron chi connectivity index (χ2n) is 8.71. The number of ether oxygens (including phenoxy) is 1. The Hall–Kier alpha value is -4.57. The summed E-state index contributed by atoms with van der Waals surface area (Å²) in [5, 5.41) is 3.33. The first kappa shape index (κ1) is 25.1. The molecular formula is C28H28FN7O2. The number of pyridine rings is 1. The fourth-order valence-electron chi connectivity index (χ4n) is 4.09. The zero-order chi connectivity index (χ0) is 26.2. The molecule has 2 aliphatic rings. The second-order valence-corrected chi connectivity index (χ2v) is 8.71. The van der Waals surface area contributed by atoms with E-state index in [4.69, 9.17) is 4.74 Å². The standard InChI is InChI=1S/C28H28FN7O2/c29-24-19-31-28(33-26(24)36-13-15-38-16-14-36)35-34-27(37)25-12-11-23(18-30-25)32-22-10-6-9-21(17-22)20-7-4-2-1-3-5-8-20/h1-2,4,6-12,17-19,32H,3,5,13-16H2,(H,34,37)(H,31,33,35)/b2-1-,7-4-,20-8+. The van der Waals surface area contributed by atoms with Crippen molar-refractivity contribution in [1.29, 1.82) is 0 Å². The zero-order valence-electron chi connectivity index (χ0n) is 20.7. The van der Waals surface area contributed by atoms with Crippen molar-refractivity contribution in [3.63, 3.8) is 0 Å². The minimum Gasteiger partial charge on any atom is -0.378 e. The van der Waals surface area contributed by atoms with Crippen LogP contribution in [0.2, 0.25) is 0 Å². The van der Waals surface area contributed by atoms with E-state index in [2.05, 4.69) is 73.6 Å². The van der Waals surface area contributed by atoms with Gasteiger partial charge in [0, 0.05) is 18.8 Å². The Morgan fingerprint density at radius 3 is 2.74 bits per heavy atom. The largest absolute Gasteiger partial charge is 0.378 e. The van der Waals surface area contributed by atoms with E-state index in [1.165, 1.54) is 5.57 Å². The van der Waals surface area contributed by atoms with E-state index >= 15 is 0 Å². The lowest BCUT2D eigenvalue weighted by atomic mass is 10.0. The molecule has 10 heteroatoms. The molecule has 0 bridgehead atoms. The number of nitrogens with one attached hydrogen (secondary N) is 3. The van der Waals surface area contributed by atoms with Gasteiger partial charge in [-0.25, -0.2) is 14.4 Å². The molecule has 194 valence electrons. The van der Waals surface area contributed by atoms with Gasteiger partial charge in [0.15, 0.2) is 11.6 Å². The highest BCUT2D eigenvalue weighted by atomic mass is 19.1. The molecule has 1 aliphatic heterocycles. The number of amides is 1. The van der Waals surface area contributed by atoms with Crippen molar-refractivity contribution < 1.29 is 13.9 Å². The molecule has 1 saturated heterocycles. The second kappa shape index (κ2) is 12.1. The van der Waals surface area contributed by atoms with Gasteiger partial charge in [0.1, 0.15) is 5.69 Å². The minimum atomic E-state index is -0.533. The van der Waals surface area contributed by atoms with Crippen molar-refractivity contribution in [2.24, 2.45) is 0 Å². The molecule has 5 rings (SSSR count). The summed E-state index contributed by atoms with van der Waals surface area (Å²) in [6.07, 6.45) is 15.3. The molecule has 0 unspecified atom stereocenters. The molecule has 0 radical (unpaired) electrons. The molecule has 1 fully saturated rings. The maximum absolute atomic E-state index is 14.2. The van der Waals surface area contributed by atoms with E-state index in [9.17, 15) is 9.18 Å². The minimum absolute atomic E-state index is 0.0738. The summed E-state index contributed by atoms with van der Waals surface area (Å²) >= 11 is 0. The van der Waals surface area contributed by atoms with Crippen LogP contribution in [0.4, 0.5) is 27.5 Å². The van der Waals surface area contributed by atoms with Gasteiger partial charge in [-0.15, -0.1) is 0 Å². The Morgan fingerprint density at radius 1 is 1.00 bits per heavy atom. The highest BCUT2D eigenvalue weighted by Gasteiger charge is 2.18. The number of rotatable bonds is 7. The molecule has 38 heavy (non-hydrogen) atoms. The lowest BCUT2D eigenvalue weighted by Gasteiger charge is -2.28. The van der Waals surface area contributed by atoms with E-state index in [0.29, 0.717) is 26.3 Å². The summed E-state index contributed by atoms with van der Waals surface area (Å²) in [5.41, 5.74) is 9.30. The molecule has 1 aromatic carbocycles. The van der Waals surface area contributed by atoms with Gasteiger partial charge in [-0.2, -0.15) is 4.98 Å². The van der Waals surface area contributed by atoms with Crippen molar-refractivity contribution in [3.05, 3.63) is 96.2 Å². The number of allylic oxidation sites excluding steroid dienone is 6. The van der Waals surface area contributed by atoms with E-state index in [-0.39, 0.29) is 17.5 Å². The highest BCUT2D eigenvalue weighted by molar-refractivity contribution is 5.93. The molecule has 3 N–H and O–H groups in total. The smallest absolute Gasteiger partial charge is 0.288 e. The quantitative estimate of drug-likeness (QED) is 0.393. The first-order valence-corrected chi connectivity index (χ1v) is 12.4. The van der Waals surface area contributed by atoms with Gasteiger partial charge in [0.25, 0.3) is 5.91 Å². The molecule has 3 heterocycles. The van der Waals surface area contributed by atoms with Crippen LogP contribution in [0.25, 0.3) is 5.57 Å². The van der Waals surface area contributed by atoms with Gasteiger partial charge in [-0.3, -0.25) is 15.6 Å². The maximum atomic E-state index is 14.2. The van der Waals surface area contributed by atoms with Gasteiger partial charge in [0.2, 0.25) is 5.95 Å².